The molecule has 0 aromatic heterocycles. The van der Waals surface area contributed by atoms with Gasteiger partial charge in [0, 0.05) is 18.7 Å². The third-order valence-corrected chi connectivity index (χ3v) is 3.92. The molecule has 1 aromatic rings. The maximum Gasteiger partial charge on any atom is 0.118 e. The van der Waals surface area contributed by atoms with Crippen molar-refractivity contribution in [2.24, 2.45) is 0 Å². The number of benzene rings is 1. The molecule has 1 aromatic carbocycles. The molecular formula is C16H25NO2. The smallest absolute Gasteiger partial charge is 0.118 e. The Labute approximate surface area is 116 Å². The molecule has 0 spiro atoms. The van der Waals surface area contributed by atoms with Crippen molar-refractivity contribution in [3.8, 4) is 5.75 Å². The summed E-state index contributed by atoms with van der Waals surface area (Å²) in [7, 11) is 1.70. The minimum absolute atomic E-state index is 0.367. The molecule has 2 rings (SSSR count). The van der Waals surface area contributed by atoms with E-state index in [4.69, 9.17) is 9.47 Å². The van der Waals surface area contributed by atoms with Crippen molar-refractivity contribution in [3.63, 3.8) is 0 Å². The molecule has 0 saturated carbocycles. The van der Waals surface area contributed by atoms with Crippen LogP contribution in [0, 0.1) is 0 Å². The predicted molar refractivity (Wildman–Crippen MR) is 77.6 cm³/mol. The number of methoxy groups -OCH3 is 1. The van der Waals surface area contributed by atoms with E-state index < -0.39 is 0 Å². The van der Waals surface area contributed by atoms with Crippen molar-refractivity contribution in [1.29, 1.82) is 0 Å². The second-order valence-electron chi connectivity index (χ2n) is 5.28. The maximum atomic E-state index is 5.72. The van der Waals surface area contributed by atoms with Crippen molar-refractivity contribution in [2.45, 2.75) is 51.3 Å². The summed E-state index contributed by atoms with van der Waals surface area (Å²) < 4.78 is 10.9. The topological polar surface area (TPSA) is 30.5 Å². The van der Waals surface area contributed by atoms with Gasteiger partial charge < -0.3 is 14.8 Å². The Morgan fingerprint density at radius 2 is 2.11 bits per heavy atom. The van der Waals surface area contributed by atoms with E-state index >= 15 is 0 Å². The third-order valence-electron chi connectivity index (χ3n) is 3.92. The standard InChI is InChI=1S/C16H25NO2/c1-4-15-11-14(9-10-19-15)17-12(2)13-5-7-16(18-3)8-6-13/h5-8,12,14-15,17H,4,9-11H2,1-3H3/t12-,14?,15?/m0/s1. The largest absolute Gasteiger partial charge is 0.497 e. The monoisotopic (exact) mass is 263 g/mol. The molecule has 3 atom stereocenters. The zero-order valence-electron chi connectivity index (χ0n) is 12.2. The van der Waals surface area contributed by atoms with Crippen molar-refractivity contribution >= 4 is 0 Å². The van der Waals surface area contributed by atoms with Crippen molar-refractivity contribution in [1.82, 2.24) is 5.32 Å². The van der Waals surface area contributed by atoms with Crippen molar-refractivity contribution in [2.75, 3.05) is 13.7 Å². The number of ether oxygens (including phenoxy) is 2. The predicted octanol–water partition coefficient (Wildman–Crippen LogP) is 3.30. The van der Waals surface area contributed by atoms with Crippen LogP contribution in [0.1, 0.15) is 44.7 Å². The third kappa shape index (κ3) is 3.95. The summed E-state index contributed by atoms with van der Waals surface area (Å²) in [6.07, 6.45) is 3.76. The molecular weight excluding hydrogens is 238 g/mol. The molecule has 1 saturated heterocycles. The average molecular weight is 263 g/mol. The molecule has 3 heteroatoms. The first kappa shape index (κ1) is 14.4. The van der Waals surface area contributed by atoms with E-state index in [1.807, 2.05) is 12.1 Å². The Balaban J connectivity index is 1.90. The first-order valence-corrected chi connectivity index (χ1v) is 7.24. The van der Waals surface area contributed by atoms with Crippen LogP contribution in [-0.4, -0.2) is 25.9 Å². The SMILES string of the molecule is CCC1CC(N[C@@H](C)c2ccc(OC)cc2)CCO1. The van der Waals surface area contributed by atoms with E-state index in [0.717, 1.165) is 31.6 Å². The van der Waals surface area contributed by atoms with Crippen molar-refractivity contribution in [3.05, 3.63) is 29.8 Å². The van der Waals surface area contributed by atoms with Crippen LogP contribution in [0.25, 0.3) is 0 Å². The van der Waals surface area contributed by atoms with Crippen LogP contribution in [0.15, 0.2) is 24.3 Å². The molecule has 19 heavy (non-hydrogen) atoms. The lowest BCUT2D eigenvalue weighted by atomic mass is 9.99. The van der Waals surface area contributed by atoms with Crippen LogP contribution >= 0.6 is 0 Å². The maximum absolute atomic E-state index is 5.72. The highest BCUT2D eigenvalue weighted by atomic mass is 16.5. The molecule has 0 bridgehead atoms. The summed E-state index contributed by atoms with van der Waals surface area (Å²) >= 11 is 0. The molecule has 1 aliphatic heterocycles. The summed E-state index contributed by atoms with van der Waals surface area (Å²) in [6, 6.07) is 9.24. The molecule has 0 amide bonds. The highest BCUT2D eigenvalue weighted by Crippen LogP contribution is 2.22. The fourth-order valence-electron chi connectivity index (χ4n) is 2.66. The quantitative estimate of drug-likeness (QED) is 0.884. The van der Waals surface area contributed by atoms with Crippen LogP contribution in [0.2, 0.25) is 0 Å². The van der Waals surface area contributed by atoms with Crippen LogP contribution < -0.4 is 10.1 Å². The molecule has 1 heterocycles. The highest BCUT2D eigenvalue weighted by molar-refractivity contribution is 5.28. The first-order valence-electron chi connectivity index (χ1n) is 7.24. The minimum Gasteiger partial charge on any atom is -0.497 e. The van der Waals surface area contributed by atoms with E-state index in [0.29, 0.717) is 18.2 Å². The van der Waals surface area contributed by atoms with E-state index in [9.17, 15) is 0 Å². The van der Waals surface area contributed by atoms with E-state index in [2.05, 4.69) is 31.3 Å². The molecule has 106 valence electrons. The number of nitrogens with one attached hydrogen (secondary N) is 1. The van der Waals surface area contributed by atoms with Gasteiger partial charge in [-0.3, -0.25) is 0 Å². The molecule has 1 fully saturated rings. The molecule has 0 aliphatic carbocycles. The van der Waals surface area contributed by atoms with Gasteiger partial charge in [-0.05, 0) is 43.9 Å². The second-order valence-corrected chi connectivity index (χ2v) is 5.28. The molecule has 1 N–H and O–H groups in total. The lowest BCUT2D eigenvalue weighted by Gasteiger charge is -2.32. The van der Waals surface area contributed by atoms with Crippen LogP contribution in [0.4, 0.5) is 0 Å². The van der Waals surface area contributed by atoms with Gasteiger partial charge in [-0.2, -0.15) is 0 Å². The minimum atomic E-state index is 0.367. The van der Waals surface area contributed by atoms with Gasteiger partial charge in [0.25, 0.3) is 0 Å². The summed E-state index contributed by atoms with van der Waals surface area (Å²) in [4.78, 5) is 0. The Kier molecular flexibility index (Phi) is 5.23. The fourth-order valence-corrected chi connectivity index (χ4v) is 2.66. The normalized spacial score (nSPS) is 25.0. The number of hydrogen-bond donors (Lipinski definition) is 1. The van der Waals surface area contributed by atoms with E-state index in [1.54, 1.807) is 7.11 Å². The van der Waals surface area contributed by atoms with E-state index in [-0.39, 0.29) is 0 Å². The lowest BCUT2D eigenvalue weighted by molar-refractivity contribution is -0.00165. The van der Waals surface area contributed by atoms with Gasteiger partial charge >= 0.3 is 0 Å². The zero-order valence-corrected chi connectivity index (χ0v) is 12.2. The second kappa shape index (κ2) is 6.92. The van der Waals surface area contributed by atoms with Gasteiger partial charge in [0.05, 0.1) is 13.2 Å². The Hall–Kier alpha value is -1.06. The van der Waals surface area contributed by atoms with Crippen LogP contribution in [0.5, 0.6) is 5.75 Å². The summed E-state index contributed by atoms with van der Waals surface area (Å²) in [5, 5.41) is 3.72. The van der Waals surface area contributed by atoms with Gasteiger partial charge in [-0.15, -0.1) is 0 Å². The summed E-state index contributed by atoms with van der Waals surface area (Å²) in [6.45, 7) is 5.30. The van der Waals surface area contributed by atoms with Gasteiger partial charge in [0.1, 0.15) is 5.75 Å². The van der Waals surface area contributed by atoms with Gasteiger partial charge in [0.2, 0.25) is 0 Å². The summed E-state index contributed by atoms with van der Waals surface area (Å²) in [5.74, 6) is 0.910. The molecule has 0 radical (unpaired) electrons. The summed E-state index contributed by atoms with van der Waals surface area (Å²) in [5.41, 5.74) is 1.31. The van der Waals surface area contributed by atoms with Gasteiger partial charge in [0.15, 0.2) is 0 Å². The molecule has 3 nitrogen and oxygen atoms in total. The molecule has 1 aliphatic rings. The number of rotatable bonds is 5. The van der Waals surface area contributed by atoms with Crippen LogP contribution in [-0.2, 0) is 4.74 Å². The van der Waals surface area contributed by atoms with E-state index in [1.165, 1.54) is 5.56 Å². The molecule has 2 unspecified atom stereocenters. The number of hydrogen-bond acceptors (Lipinski definition) is 3. The Morgan fingerprint density at radius 3 is 2.74 bits per heavy atom. The Morgan fingerprint density at radius 1 is 1.37 bits per heavy atom. The lowest BCUT2D eigenvalue weighted by Crippen LogP contribution is -2.39. The average Bonchev–Trinajstić information content (AvgIpc) is 2.47. The Bertz CT molecular complexity index is 377. The first-order chi connectivity index (χ1) is 9.22. The van der Waals surface area contributed by atoms with Crippen LogP contribution in [0.3, 0.4) is 0 Å². The fraction of sp³-hybridized carbons (Fsp3) is 0.625. The zero-order chi connectivity index (χ0) is 13.7. The van der Waals surface area contributed by atoms with Crippen molar-refractivity contribution < 1.29 is 9.47 Å². The highest BCUT2D eigenvalue weighted by Gasteiger charge is 2.22. The van der Waals surface area contributed by atoms with Gasteiger partial charge in [-0.1, -0.05) is 19.1 Å². The van der Waals surface area contributed by atoms with Gasteiger partial charge in [-0.25, -0.2) is 0 Å².